The standard InChI is InChI=1S/C26H30N4O5/c1-14-22(15(2)30(4)29-14)20-9-6-8-18-19(10-7-11-31)24(28-23(18)20)25(32)27-13-17-12-21(16(3)35-17)26(33)34-5/h6,8-9,12,28,31H,7,10-11,13H2,1-5H3,(H,27,32). The Morgan fingerprint density at radius 2 is 2.03 bits per heavy atom. The van der Waals surface area contributed by atoms with Gasteiger partial charge in [-0.25, -0.2) is 4.79 Å². The number of nitrogens with zero attached hydrogens (tertiary/aromatic N) is 2. The van der Waals surface area contributed by atoms with Crippen molar-refractivity contribution >= 4 is 22.8 Å². The van der Waals surface area contributed by atoms with Crippen molar-refractivity contribution in [1.82, 2.24) is 20.1 Å². The normalized spacial score (nSPS) is 11.3. The first kappa shape index (κ1) is 24.3. The molecule has 0 atom stereocenters. The molecule has 3 heterocycles. The SMILES string of the molecule is COC(=O)c1cc(CNC(=O)c2[nH]c3c(-c4c(C)nn(C)c4C)cccc3c2CCCO)oc1C. The molecule has 0 fully saturated rings. The molecule has 184 valence electrons. The van der Waals surface area contributed by atoms with Gasteiger partial charge in [-0.05, 0) is 45.2 Å². The second kappa shape index (κ2) is 9.79. The van der Waals surface area contributed by atoms with Crippen LogP contribution in [0.2, 0.25) is 0 Å². The number of aliphatic hydroxyl groups is 1. The molecule has 0 spiro atoms. The zero-order chi connectivity index (χ0) is 25.3. The van der Waals surface area contributed by atoms with Crippen molar-refractivity contribution < 1.29 is 23.8 Å². The van der Waals surface area contributed by atoms with E-state index in [4.69, 9.17) is 9.15 Å². The largest absolute Gasteiger partial charge is 0.465 e. The molecule has 1 aromatic carbocycles. The van der Waals surface area contributed by atoms with Gasteiger partial charge >= 0.3 is 5.97 Å². The van der Waals surface area contributed by atoms with Crippen molar-refractivity contribution in [2.75, 3.05) is 13.7 Å². The number of furan rings is 1. The zero-order valence-corrected chi connectivity index (χ0v) is 20.6. The maximum atomic E-state index is 13.3. The molecule has 0 aliphatic heterocycles. The molecule has 0 aliphatic carbocycles. The highest BCUT2D eigenvalue weighted by molar-refractivity contribution is 6.05. The van der Waals surface area contributed by atoms with E-state index in [0.717, 1.165) is 39.0 Å². The number of methoxy groups -OCH3 is 1. The third-order valence-corrected chi connectivity index (χ3v) is 6.33. The minimum absolute atomic E-state index is 0.0240. The van der Waals surface area contributed by atoms with Gasteiger partial charge in [-0.3, -0.25) is 9.48 Å². The van der Waals surface area contributed by atoms with Crippen LogP contribution in [-0.2, 0) is 24.8 Å². The van der Waals surface area contributed by atoms with E-state index in [1.54, 1.807) is 13.0 Å². The summed E-state index contributed by atoms with van der Waals surface area (Å²) in [6.45, 7) is 5.80. The molecule has 0 saturated heterocycles. The molecule has 4 aromatic rings. The molecule has 0 unspecified atom stereocenters. The lowest BCUT2D eigenvalue weighted by Gasteiger charge is -2.06. The Morgan fingerprint density at radius 3 is 2.69 bits per heavy atom. The Balaban J connectivity index is 1.71. The monoisotopic (exact) mass is 478 g/mol. The number of hydrogen-bond donors (Lipinski definition) is 3. The molecule has 3 aromatic heterocycles. The maximum absolute atomic E-state index is 13.3. The van der Waals surface area contributed by atoms with Crippen LogP contribution in [0.1, 0.15) is 55.7 Å². The van der Waals surface area contributed by atoms with Gasteiger partial charge in [0, 0.05) is 35.9 Å². The molecule has 4 rings (SSSR count). The molecule has 1 amide bonds. The number of H-pyrrole nitrogens is 1. The van der Waals surface area contributed by atoms with Gasteiger partial charge in [-0.1, -0.05) is 18.2 Å². The fourth-order valence-corrected chi connectivity index (χ4v) is 4.55. The number of amides is 1. The summed E-state index contributed by atoms with van der Waals surface area (Å²) in [4.78, 5) is 28.5. The Hall–Kier alpha value is -3.85. The van der Waals surface area contributed by atoms with E-state index in [-0.39, 0.29) is 19.1 Å². The number of benzene rings is 1. The average Bonchev–Trinajstić information content (AvgIpc) is 3.48. The quantitative estimate of drug-likeness (QED) is 0.332. The first-order valence-corrected chi connectivity index (χ1v) is 11.5. The third-order valence-electron chi connectivity index (χ3n) is 6.33. The third kappa shape index (κ3) is 4.46. The molecular formula is C26H30N4O5. The van der Waals surface area contributed by atoms with Gasteiger partial charge < -0.3 is 24.6 Å². The summed E-state index contributed by atoms with van der Waals surface area (Å²) in [6.07, 6.45) is 1.07. The highest BCUT2D eigenvalue weighted by Crippen LogP contribution is 2.35. The van der Waals surface area contributed by atoms with Crippen molar-refractivity contribution in [1.29, 1.82) is 0 Å². The fraction of sp³-hybridized carbons (Fsp3) is 0.346. The number of carbonyl (C=O) groups excluding carboxylic acids is 2. The molecule has 9 heteroatoms. The average molecular weight is 479 g/mol. The fourth-order valence-electron chi connectivity index (χ4n) is 4.55. The van der Waals surface area contributed by atoms with Crippen molar-refractivity contribution in [3.63, 3.8) is 0 Å². The maximum Gasteiger partial charge on any atom is 0.341 e. The van der Waals surface area contributed by atoms with E-state index in [9.17, 15) is 14.7 Å². The summed E-state index contributed by atoms with van der Waals surface area (Å²) in [5, 5.41) is 17.8. The number of aromatic nitrogens is 3. The summed E-state index contributed by atoms with van der Waals surface area (Å²) in [6, 6.07) is 7.55. The van der Waals surface area contributed by atoms with Crippen LogP contribution in [0.3, 0.4) is 0 Å². The van der Waals surface area contributed by atoms with Crippen molar-refractivity contribution in [3.8, 4) is 11.1 Å². The number of rotatable bonds is 8. The van der Waals surface area contributed by atoms with Crippen molar-refractivity contribution in [3.05, 3.63) is 64.0 Å². The Labute approximate surface area is 203 Å². The Bertz CT molecular complexity index is 1410. The molecule has 35 heavy (non-hydrogen) atoms. The van der Waals surface area contributed by atoms with Crippen LogP contribution in [0.25, 0.3) is 22.0 Å². The van der Waals surface area contributed by atoms with Gasteiger partial charge in [-0.15, -0.1) is 0 Å². The predicted octanol–water partition coefficient (Wildman–Crippen LogP) is 3.73. The number of fused-ring (bicyclic) bond motifs is 1. The van der Waals surface area contributed by atoms with Gasteiger partial charge in [-0.2, -0.15) is 5.10 Å². The summed E-state index contributed by atoms with van der Waals surface area (Å²) in [5.41, 5.74) is 6.41. The van der Waals surface area contributed by atoms with Crippen LogP contribution in [0, 0.1) is 20.8 Å². The topological polar surface area (TPSA) is 122 Å². The number of aryl methyl sites for hydroxylation is 4. The van der Waals surface area contributed by atoms with Gasteiger partial charge in [0.05, 0.1) is 24.9 Å². The number of aromatic amines is 1. The number of nitrogens with one attached hydrogen (secondary N) is 2. The summed E-state index contributed by atoms with van der Waals surface area (Å²) < 4.78 is 12.2. The lowest BCUT2D eigenvalue weighted by molar-refractivity contribution is 0.0598. The number of ether oxygens (including phenoxy) is 1. The van der Waals surface area contributed by atoms with E-state index in [1.165, 1.54) is 7.11 Å². The minimum atomic E-state index is -0.487. The van der Waals surface area contributed by atoms with E-state index >= 15 is 0 Å². The van der Waals surface area contributed by atoms with Crippen molar-refractivity contribution in [2.24, 2.45) is 7.05 Å². The van der Waals surface area contributed by atoms with Crippen molar-refractivity contribution in [2.45, 2.75) is 40.2 Å². The molecular weight excluding hydrogens is 448 g/mol. The van der Waals surface area contributed by atoms with E-state index in [1.807, 2.05) is 43.8 Å². The number of carbonyl (C=O) groups is 2. The molecule has 0 aliphatic rings. The molecule has 9 nitrogen and oxygen atoms in total. The Morgan fingerprint density at radius 1 is 1.26 bits per heavy atom. The van der Waals surface area contributed by atoms with Crippen LogP contribution in [0.4, 0.5) is 0 Å². The molecule has 3 N–H and O–H groups in total. The highest BCUT2D eigenvalue weighted by Gasteiger charge is 2.22. The summed E-state index contributed by atoms with van der Waals surface area (Å²) in [5.74, 6) is 0.0985. The first-order valence-electron chi connectivity index (χ1n) is 11.5. The number of esters is 1. The first-order chi connectivity index (χ1) is 16.8. The zero-order valence-electron chi connectivity index (χ0n) is 20.6. The second-order valence-corrected chi connectivity index (χ2v) is 8.56. The van der Waals surface area contributed by atoms with Crippen LogP contribution in [0.15, 0.2) is 28.7 Å². The number of aliphatic hydroxyl groups excluding tert-OH is 1. The molecule has 0 saturated carbocycles. The minimum Gasteiger partial charge on any atom is -0.465 e. The Kier molecular flexibility index (Phi) is 6.79. The predicted molar refractivity (Wildman–Crippen MR) is 131 cm³/mol. The summed E-state index contributed by atoms with van der Waals surface area (Å²) in [7, 11) is 3.22. The van der Waals surface area contributed by atoms with Gasteiger partial charge in [0.25, 0.3) is 5.91 Å². The van der Waals surface area contributed by atoms with E-state index in [0.29, 0.717) is 35.6 Å². The highest BCUT2D eigenvalue weighted by atomic mass is 16.5. The number of hydrogen-bond acceptors (Lipinski definition) is 6. The summed E-state index contributed by atoms with van der Waals surface area (Å²) >= 11 is 0. The van der Waals surface area contributed by atoms with Gasteiger partial charge in [0.1, 0.15) is 22.8 Å². The van der Waals surface area contributed by atoms with Gasteiger partial charge in [0.15, 0.2) is 0 Å². The van der Waals surface area contributed by atoms with Crippen LogP contribution in [0.5, 0.6) is 0 Å². The van der Waals surface area contributed by atoms with E-state index in [2.05, 4.69) is 15.4 Å². The molecule has 0 bridgehead atoms. The lowest BCUT2D eigenvalue weighted by atomic mass is 9.98. The lowest BCUT2D eigenvalue weighted by Crippen LogP contribution is -2.24. The van der Waals surface area contributed by atoms with Crippen LogP contribution in [-0.4, -0.2) is 45.5 Å². The van der Waals surface area contributed by atoms with E-state index < -0.39 is 5.97 Å². The van der Waals surface area contributed by atoms with Crippen LogP contribution < -0.4 is 5.32 Å². The smallest absolute Gasteiger partial charge is 0.341 e. The van der Waals surface area contributed by atoms with Gasteiger partial charge in [0.2, 0.25) is 0 Å². The second-order valence-electron chi connectivity index (χ2n) is 8.56. The van der Waals surface area contributed by atoms with Crippen LogP contribution >= 0.6 is 0 Å². The number of para-hydroxylation sites is 1. The molecule has 0 radical (unpaired) electrons.